The van der Waals surface area contributed by atoms with Crippen LogP contribution in [0.5, 0.6) is 5.75 Å². The second-order valence-electron chi connectivity index (χ2n) is 4.77. The highest BCUT2D eigenvalue weighted by atomic mass is 127. The lowest BCUT2D eigenvalue weighted by atomic mass is 10.1. The van der Waals surface area contributed by atoms with Gasteiger partial charge in [0.05, 0.1) is 19.8 Å². The third-order valence-electron chi connectivity index (χ3n) is 3.19. The van der Waals surface area contributed by atoms with E-state index in [1.165, 1.54) is 4.88 Å². The first-order chi connectivity index (χ1) is 10.7. The Morgan fingerprint density at radius 2 is 2.09 bits per heavy atom. The molecule has 0 bridgehead atoms. The largest absolute Gasteiger partial charge is 0.497 e. The Morgan fingerprint density at radius 1 is 1.35 bits per heavy atom. The summed E-state index contributed by atoms with van der Waals surface area (Å²) in [6, 6.07) is 11.4. The molecule has 0 saturated heterocycles. The Balaban J connectivity index is 0.00000264. The van der Waals surface area contributed by atoms with E-state index in [0.29, 0.717) is 5.96 Å². The van der Waals surface area contributed by atoms with E-state index in [0.717, 1.165) is 24.3 Å². The first kappa shape index (κ1) is 19.7. The summed E-state index contributed by atoms with van der Waals surface area (Å²) in [4.78, 5) is 5.47. The fourth-order valence-corrected chi connectivity index (χ4v) is 2.65. The van der Waals surface area contributed by atoms with Gasteiger partial charge in [0.25, 0.3) is 0 Å². The average molecular weight is 447 g/mol. The number of hydrogen-bond acceptors (Lipinski definition) is 4. The van der Waals surface area contributed by atoms with Gasteiger partial charge in [-0.3, -0.25) is 4.99 Å². The number of aliphatic hydroxyl groups is 1. The number of halogens is 1. The zero-order valence-electron chi connectivity index (χ0n) is 12.9. The van der Waals surface area contributed by atoms with Crippen molar-refractivity contribution in [3.8, 4) is 5.75 Å². The van der Waals surface area contributed by atoms with Crippen LogP contribution in [0.2, 0.25) is 0 Å². The predicted molar refractivity (Wildman–Crippen MR) is 106 cm³/mol. The lowest BCUT2D eigenvalue weighted by molar-refractivity contribution is 0.187. The Morgan fingerprint density at radius 3 is 2.70 bits per heavy atom. The summed E-state index contributed by atoms with van der Waals surface area (Å²) in [6.07, 6.45) is 0.234. The Kier molecular flexibility index (Phi) is 8.97. The van der Waals surface area contributed by atoms with Crippen LogP contribution >= 0.6 is 35.3 Å². The second-order valence-corrected chi connectivity index (χ2v) is 5.80. The maximum absolute atomic E-state index is 10.1. The minimum atomic E-state index is -0.677. The molecule has 1 aromatic carbocycles. The number of methoxy groups -OCH3 is 1. The third kappa shape index (κ3) is 6.76. The molecule has 0 fully saturated rings. The van der Waals surface area contributed by atoms with Gasteiger partial charge >= 0.3 is 0 Å². The number of nitrogens with one attached hydrogen (secondary N) is 1. The van der Waals surface area contributed by atoms with Gasteiger partial charge in [-0.2, -0.15) is 0 Å². The standard InChI is InChI=1S/C16H21N3O2S.HI/c1-21-13-6-4-12(5-7-13)15(20)11-19-16(17)18-9-8-14-3-2-10-22-14;/h2-7,10,15,20H,8-9,11H2,1H3,(H3,17,18,19);1H. The van der Waals surface area contributed by atoms with Crippen LogP contribution in [0.4, 0.5) is 0 Å². The highest BCUT2D eigenvalue weighted by molar-refractivity contribution is 14.0. The summed E-state index contributed by atoms with van der Waals surface area (Å²) in [5.74, 6) is 1.11. The molecule has 1 aromatic heterocycles. The summed E-state index contributed by atoms with van der Waals surface area (Å²) in [5.41, 5.74) is 6.58. The molecular formula is C16H22IN3O2S. The number of thiophene rings is 1. The van der Waals surface area contributed by atoms with E-state index in [2.05, 4.69) is 21.8 Å². The maximum Gasteiger partial charge on any atom is 0.188 e. The third-order valence-corrected chi connectivity index (χ3v) is 4.13. The van der Waals surface area contributed by atoms with Crippen LogP contribution in [0.3, 0.4) is 0 Å². The van der Waals surface area contributed by atoms with E-state index >= 15 is 0 Å². The number of nitrogens with zero attached hydrogens (tertiary/aromatic N) is 1. The summed E-state index contributed by atoms with van der Waals surface area (Å²) in [7, 11) is 1.61. The zero-order valence-corrected chi connectivity index (χ0v) is 16.1. The van der Waals surface area contributed by atoms with Gasteiger partial charge in [-0.25, -0.2) is 0 Å². The van der Waals surface area contributed by atoms with E-state index in [-0.39, 0.29) is 30.5 Å². The number of guanidine groups is 1. The zero-order chi connectivity index (χ0) is 15.8. The SMILES string of the molecule is COc1ccc(C(O)CN=C(N)NCCc2cccs2)cc1.I. The summed E-state index contributed by atoms with van der Waals surface area (Å²) < 4.78 is 5.08. The van der Waals surface area contributed by atoms with Gasteiger partial charge in [0.2, 0.25) is 0 Å². The molecule has 1 unspecified atom stereocenters. The first-order valence-corrected chi connectivity index (χ1v) is 7.95. The fraction of sp³-hybridized carbons (Fsp3) is 0.312. The van der Waals surface area contributed by atoms with Gasteiger partial charge < -0.3 is 20.9 Å². The molecule has 0 spiro atoms. The number of aliphatic imine (C=N–C) groups is 1. The Labute approximate surface area is 157 Å². The predicted octanol–water partition coefficient (Wildman–Crippen LogP) is 2.56. The first-order valence-electron chi connectivity index (χ1n) is 7.07. The minimum Gasteiger partial charge on any atom is -0.497 e. The molecule has 4 N–H and O–H groups in total. The lowest BCUT2D eigenvalue weighted by Gasteiger charge is -2.10. The molecule has 2 aromatic rings. The van der Waals surface area contributed by atoms with E-state index in [9.17, 15) is 5.11 Å². The van der Waals surface area contributed by atoms with Crippen LogP contribution in [0.25, 0.3) is 0 Å². The van der Waals surface area contributed by atoms with Gasteiger partial charge in [-0.05, 0) is 35.6 Å². The molecule has 126 valence electrons. The molecule has 5 nitrogen and oxygen atoms in total. The van der Waals surface area contributed by atoms with Crippen molar-refractivity contribution in [3.63, 3.8) is 0 Å². The highest BCUT2D eigenvalue weighted by Crippen LogP contribution is 2.17. The Bertz CT molecular complexity index is 588. The number of hydrogen-bond donors (Lipinski definition) is 3. The van der Waals surface area contributed by atoms with Crippen LogP contribution in [0.1, 0.15) is 16.5 Å². The van der Waals surface area contributed by atoms with Crippen LogP contribution < -0.4 is 15.8 Å². The summed E-state index contributed by atoms with van der Waals surface area (Å²) >= 11 is 1.72. The van der Waals surface area contributed by atoms with E-state index in [1.54, 1.807) is 18.4 Å². The number of aliphatic hydroxyl groups excluding tert-OH is 1. The lowest BCUT2D eigenvalue weighted by Crippen LogP contribution is -2.33. The van der Waals surface area contributed by atoms with Crippen molar-refractivity contribution in [1.82, 2.24) is 5.32 Å². The molecule has 0 aliphatic rings. The molecule has 0 saturated carbocycles. The molecule has 0 aliphatic carbocycles. The molecule has 0 aliphatic heterocycles. The molecule has 0 amide bonds. The van der Waals surface area contributed by atoms with Crippen molar-refractivity contribution in [2.75, 3.05) is 20.2 Å². The van der Waals surface area contributed by atoms with Gasteiger partial charge in [0.15, 0.2) is 5.96 Å². The molecule has 0 radical (unpaired) electrons. The average Bonchev–Trinajstić information content (AvgIpc) is 3.06. The van der Waals surface area contributed by atoms with Crippen LogP contribution in [-0.4, -0.2) is 31.3 Å². The van der Waals surface area contributed by atoms with Crippen molar-refractivity contribution >= 4 is 41.3 Å². The minimum absolute atomic E-state index is 0. The number of rotatable bonds is 7. The molecule has 1 atom stereocenters. The molecule has 23 heavy (non-hydrogen) atoms. The van der Waals surface area contributed by atoms with Gasteiger partial charge in [0.1, 0.15) is 5.75 Å². The van der Waals surface area contributed by atoms with Gasteiger partial charge in [0, 0.05) is 11.4 Å². The topological polar surface area (TPSA) is 79.9 Å². The number of benzene rings is 1. The number of ether oxygens (including phenoxy) is 1. The van der Waals surface area contributed by atoms with E-state index < -0.39 is 6.10 Å². The van der Waals surface area contributed by atoms with Crippen LogP contribution in [-0.2, 0) is 6.42 Å². The van der Waals surface area contributed by atoms with Crippen LogP contribution in [0.15, 0.2) is 46.8 Å². The van der Waals surface area contributed by atoms with Crippen molar-refractivity contribution < 1.29 is 9.84 Å². The van der Waals surface area contributed by atoms with Gasteiger partial charge in [-0.1, -0.05) is 18.2 Å². The fourth-order valence-electron chi connectivity index (χ4n) is 1.94. The van der Waals surface area contributed by atoms with E-state index in [1.807, 2.05) is 30.3 Å². The van der Waals surface area contributed by atoms with Crippen LogP contribution in [0, 0.1) is 0 Å². The smallest absolute Gasteiger partial charge is 0.188 e. The maximum atomic E-state index is 10.1. The molecule has 2 rings (SSSR count). The summed E-state index contributed by atoms with van der Waals surface area (Å²) in [5, 5.41) is 15.2. The molecular weight excluding hydrogens is 425 g/mol. The molecule has 1 heterocycles. The quantitative estimate of drug-likeness (QED) is 0.346. The van der Waals surface area contributed by atoms with Crippen molar-refractivity contribution in [1.29, 1.82) is 0 Å². The summed E-state index contributed by atoms with van der Waals surface area (Å²) in [6.45, 7) is 0.957. The van der Waals surface area contributed by atoms with Crippen molar-refractivity contribution in [3.05, 3.63) is 52.2 Å². The highest BCUT2D eigenvalue weighted by Gasteiger charge is 2.07. The number of nitrogens with two attached hydrogens (primary N) is 1. The van der Waals surface area contributed by atoms with Gasteiger partial charge in [-0.15, -0.1) is 35.3 Å². The monoisotopic (exact) mass is 447 g/mol. The van der Waals surface area contributed by atoms with Crippen molar-refractivity contribution in [2.24, 2.45) is 10.7 Å². The normalized spacial score (nSPS) is 12.3. The second kappa shape index (κ2) is 10.5. The molecule has 7 heteroatoms. The van der Waals surface area contributed by atoms with E-state index in [4.69, 9.17) is 10.5 Å². The Hall–Kier alpha value is -1.32. The van der Waals surface area contributed by atoms with Crippen molar-refractivity contribution in [2.45, 2.75) is 12.5 Å².